The van der Waals surface area contributed by atoms with Crippen molar-refractivity contribution in [3.63, 3.8) is 0 Å². The summed E-state index contributed by atoms with van der Waals surface area (Å²) in [5, 5.41) is 0. The molecule has 0 bridgehead atoms. The van der Waals surface area contributed by atoms with E-state index in [1.165, 1.54) is 0 Å². The zero-order valence-corrected chi connectivity index (χ0v) is 16.6. The molecule has 7 heteroatoms. The van der Waals surface area contributed by atoms with Gasteiger partial charge in [-0.25, -0.2) is 0 Å². The van der Waals surface area contributed by atoms with Gasteiger partial charge in [0.15, 0.2) is 6.61 Å². The number of rotatable bonds is 7. The van der Waals surface area contributed by atoms with Crippen molar-refractivity contribution < 1.29 is 23.9 Å². The van der Waals surface area contributed by atoms with Crippen molar-refractivity contribution in [2.45, 2.75) is 39.2 Å². The third-order valence-corrected chi connectivity index (χ3v) is 4.85. The molecule has 0 N–H and O–H groups in total. The fourth-order valence-electron chi connectivity index (χ4n) is 3.22. The number of piperazine rings is 1. The molecule has 3 rings (SSSR count). The standard InChI is InChI=1S/C21H28N2O5/c1-15(2)28-18-5-3-4-16(12-18)13-20(25)27-14-19(24)22-8-10-23(11-9-22)21(26)17-6-7-17/h3-5,12,15,17H,6-11,13-14H2,1-2H3. The Morgan fingerprint density at radius 3 is 2.39 bits per heavy atom. The molecule has 7 nitrogen and oxygen atoms in total. The second-order valence-electron chi connectivity index (χ2n) is 7.63. The SMILES string of the molecule is CC(C)Oc1cccc(CC(=O)OCC(=O)N2CCN(C(=O)C3CC3)CC2)c1. The fourth-order valence-corrected chi connectivity index (χ4v) is 3.22. The number of carbonyl (C=O) groups excluding carboxylic acids is 3. The van der Waals surface area contributed by atoms with Gasteiger partial charge in [0.25, 0.3) is 5.91 Å². The van der Waals surface area contributed by atoms with Gasteiger partial charge < -0.3 is 19.3 Å². The number of ether oxygens (including phenoxy) is 2. The van der Waals surface area contributed by atoms with Crippen molar-refractivity contribution in [1.29, 1.82) is 0 Å². The zero-order chi connectivity index (χ0) is 20.1. The Hall–Kier alpha value is -2.57. The lowest BCUT2D eigenvalue weighted by molar-refractivity contribution is -0.152. The Balaban J connectivity index is 1.39. The highest BCUT2D eigenvalue weighted by Gasteiger charge is 2.35. The largest absolute Gasteiger partial charge is 0.491 e. The second-order valence-corrected chi connectivity index (χ2v) is 7.63. The lowest BCUT2D eigenvalue weighted by Crippen LogP contribution is -2.51. The molecule has 1 saturated carbocycles. The van der Waals surface area contributed by atoms with Crippen LogP contribution in [-0.4, -0.2) is 66.5 Å². The molecule has 1 aliphatic carbocycles. The predicted molar refractivity (Wildman–Crippen MR) is 103 cm³/mol. The Morgan fingerprint density at radius 2 is 1.75 bits per heavy atom. The van der Waals surface area contributed by atoms with Gasteiger partial charge in [-0.3, -0.25) is 14.4 Å². The van der Waals surface area contributed by atoms with Gasteiger partial charge in [0, 0.05) is 32.1 Å². The maximum absolute atomic E-state index is 12.3. The van der Waals surface area contributed by atoms with Crippen LogP contribution in [0.5, 0.6) is 5.75 Å². The molecule has 1 aromatic carbocycles. The molecule has 1 heterocycles. The second kappa shape index (κ2) is 9.08. The van der Waals surface area contributed by atoms with Crippen LogP contribution < -0.4 is 4.74 Å². The van der Waals surface area contributed by atoms with Crippen molar-refractivity contribution in [1.82, 2.24) is 9.80 Å². The third-order valence-electron chi connectivity index (χ3n) is 4.85. The molecule has 2 aliphatic rings. The molecular weight excluding hydrogens is 360 g/mol. The average molecular weight is 388 g/mol. The summed E-state index contributed by atoms with van der Waals surface area (Å²) in [4.78, 5) is 39.9. The van der Waals surface area contributed by atoms with Crippen LogP contribution in [0.3, 0.4) is 0 Å². The van der Waals surface area contributed by atoms with Gasteiger partial charge in [-0.15, -0.1) is 0 Å². The first kappa shape index (κ1) is 20.2. The first-order valence-corrected chi connectivity index (χ1v) is 9.90. The molecule has 2 fully saturated rings. The Labute approximate surface area is 165 Å². The van der Waals surface area contributed by atoms with Gasteiger partial charge in [-0.05, 0) is 44.4 Å². The van der Waals surface area contributed by atoms with Crippen molar-refractivity contribution in [3.8, 4) is 5.75 Å². The molecule has 0 spiro atoms. The first-order chi connectivity index (χ1) is 13.4. The van der Waals surface area contributed by atoms with Crippen LogP contribution in [-0.2, 0) is 25.5 Å². The summed E-state index contributed by atoms with van der Waals surface area (Å²) in [7, 11) is 0. The highest BCUT2D eigenvalue weighted by Crippen LogP contribution is 2.31. The molecule has 152 valence electrons. The minimum absolute atomic E-state index is 0.0554. The number of carbonyl (C=O) groups is 3. The molecule has 1 saturated heterocycles. The van der Waals surface area contributed by atoms with E-state index in [-0.39, 0.29) is 36.9 Å². The number of esters is 1. The van der Waals surface area contributed by atoms with Gasteiger partial charge in [-0.2, -0.15) is 0 Å². The molecule has 1 aromatic rings. The van der Waals surface area contributed by atoms with Crippen LogP contribution in [0.25, 0.3) is 0 Å². The zero-order valence-electron chi connectivity index (χ0n) is 16.6. The van der Waals surface area contributed by atoms with Gasteiger partial charge in [0.1, 0.15) is 5.75 Å². The minimum atomic E-state index is -0.447. The molecule has 0 aromatic heterocycles. The van der Waals surface area contributed by atoms with Crippen LogP contribution in [0.4, 0.5) is 0 Å². The van der Waals surface area contributed by atoms with Crippen LogP contribution in [0.2, 0.25) is 0 Å². The number of hydrogen-bond donors (Lipinski definition) is 0. The highest BCUT2D eigenvalue weighted by molar-refractivity contribution is 5.83. The van der Waals surface area contributed by atoms with Gasteiger partial charge in [-0.1, -0.05) is 12.1 Å². The lowest BCUT2D eigenvalue weighted by atomic mass is 10.1. The summed E-state index contributed by atoms with van der Waals surface area (Å²) < 4.78 is 10.8. The number of nitrogens with zero attached hydrogens (tertiary/aromatic N) is 2. The summed E-state index contributed by atoms with van der Waals surface area (Å²) in [6.45, 7) is 5.70. The number of hydrogen-bond acceptors (Lipinski definition) is 5. The van der Waals surface area contributed by atoms with E-state index in [1.54, 1.807) is 11.0 Å². The Bertz CT molecular complexity index is 721. The average Bonchev–Trinajstić information content (AvgIpc) is 3.51. The lowest BCUT2D eigenvalue weighted by Gasteiger charge is -2.34. The molecule has 1 aliphatic heterocycles. The number of amides is 2. The van der Waals surface area contributed by atoms with E-state index in [4.69, 9.17) is 9.47 Å². The molecule has 2 amide bonds. The minimum Gasteiger partial charge on any atom is -0.491 e. The quantitative estimate of drug-likeness (QED) is 0.664. The molecule has 0 unspecified atom stereocenters. The smallest absolute Gasteiger partial charge is 0.310 e. The van der Waals surface area contributed by atoms with Gasteiger partial charge in [0.05, 0.1) is 12.5 Å². The molecular formula is C21H28N2O5. The first-order valence-electron chi connectivity index (χ1n) is 9.90. The highest BCUT2D eigenvalue weighted by atomic mass is 16.5. The van der Waals surface area contributed by atoms with Gasteiger partial charge in [0.2, 0.25) is 5.91 Å². The maximum atomic E-state index is 12.3. The molecule has 0 radical (unpaired) electrons. The predicted octanol–water partition coefficient (Wildman–Crippen LogP) is 1.64. The summed E-state index contributed by atoms with van der Waals surface area (Å²) in [5.74, 6) is 0.450. The Kier molecular flexibility index (Phi) is 6.54. The summed E-state index contributed by atoms with van der Waals surface area (Å²) in [5.41, 5.74) is 0.780. The summed E-state index contributed by atoms with van der Waals surface area (Å²) in [6.07, 6.45) is 2.12. The van der Waals surface area contributed by atoms with Gasteiger partial charge >= 0.3 is 5.97 Å². The monoisotopic (exact) mass is 388 g/mol. The van der Waals surface area contributed by atoms with E-state index in [2.05, 4.69) is 0 Å². The Morgan fingerprint density at radius 1 is 1.07 bits per heavy atom. The topological polar surface area (TPSA) is 76.2 Å². The fraction of sp³-hybridized carbons (Fsp3) is 0.571. The van der Waals surface area contributed by atoms with E-state index in [0.29, 0.717) is 31.9 Å². The van der Waals surface area contributed by atoms with Crippen molar-refractivity contribution in [3.05, 3.63) is 29.8 Å². The van der Waals surface area contributed by atoms with Crippen molar-refractivity contribution in [2.24, 2.45) is 5.92 Å². The van der Waals surface area contributed by atoms with Crippen molar-refractivity contribution >= 4 is 17.8 Å². The van der Waals surface area contributed by atoms with E-state index < -0.39 is 5.97 Å². The van der Waals surface area contributed by atoms with Crippen LogP contribution in [0.15, 0.2) is 24.3 Å². The summed E-state index contributed by atoms with van der Waals surface area (Å²) in [6, 6.07) is 7.30. The normalized spacial score (nSPS) is 16.8. The molecule has 28 heavy (non-hydrogen) atoms. The van der Waals surface area contributed by atoms with Crippen LogP contribution >= 0.6 is 0 Å². The summed E-state index contributed by atoms with van der Waals surface area (Å²) >= 11 is 0. The van der Waals surface area contributed by atoms with E-state index in [0.717, 1.165) is 18.4 Å². The van der Waals surface area contributed by atoms with Crippen LogP contribution in [0.1, 0.15) is 32.3 Å². The van der Waals surface area contributed by atoms with Crippen molar-refractivity contribution in [2.75, 3.05) is 32.8 Å². The van der Waals surface area contributed by atoms with E-state index in [9.17, 15) is 14.4 Å². The third kappa shape index (κ3) is 5.71. The van der Waals surface area contributed by atoms with E-state index >= 15 is 0 Å². The maximum Gasteiger partial charge on any atom is 0.310 e. The van der Waals surface area contributed by atoms with E-state index in [1.807, 2.05) is 36.9 Å². The molecule has 0 atom stereocenters. The number of benzene rings is 1. The van der Waals surface area contributed by atoms with Crippen LogP contribution in [0, 0.1) is 5.92 Å².